The van der Waals surface area contributed by atoms with Crippen molar-refractivity contribution >= 4 is 11.8 Å². The van der Waals surface area contributed by atoms with Gasteiger partial charge >= 0.3 is 0 Å². The molecule has 0 bridgehead atoms. The van der Waals surface area contributed by atoms with Crippen molar-refractivity contribution in [2.24, 2.45) is 5.92 Å². The largest absolute Gasteiger partial charge is 0.357 e. The average molecular weight is 248 g/mol. The fourth-order valence-corrected chi connectivity index (χ4v) is 2.71. The summed E-state index contributed by atoms with van der Waals surface area (Å²) in [6, 6.07) is 0.625. The third-order valence-corrected chi connectivity index (χ3v) is 4.04. The number of hydrogen-bond donors (Lipinski definition) is 1. The minimum absolute atomic E-state index is 0.625. The monoisotopic (exact) mass is 248 g/mol. The molecule has 0 aromatic carbocycles. The molecule has 1 fully saturated rings. The van der Waals surface area contributed by atoms with Crippen LogP contribution in [0.1, 0.15) is 38.2 Å². The van der Waals surface area contributed by atoms with Gasteiger partial charge in [0.25, 0.3) is 0 Å². The number of aromatic nitrogens is 2. The van der Waals surface area contributed by atoms with E-state index in [0.29, 0.717) is 12.0 Å². The molecule has 4 nitrogen and oxygen atoms in total. The molecule has 1 aromatic rings. The van der Waals surface area contributed by atoms with Crippen LogP contribution in [-0.2, 0) is 0 Å². The normalized spacial score (nSPS) is 23.8. The zero-order valence-electron chi connectivity index (χ0n) is 11.9. The fraction of sp³-hybridized carbons (Fsp3) is 0.714. The van der Waals surface area contributed by atoms with E-state index in [0.717, 1.165) is 17.3 Å². The molecule has 4 heteroatoms. The van der Waals surface area contributed by atoms with Crippen LogP contribution in [0.2, 0.25) is 0 Å². The SMILES string of the molecule is CNc1ncc(C)c(N(C)C2CCC(C)CC2)n1. The third kappa shape index (κ3) is 2.74. The van der Waals surface area contributed by atoms with Gasteiger partial charge in [-0.15, -0.1) is 0 Å². The Morgan fingerprint density at radius 1 is 1.28 bits per heavy atom. The lowest BCUT2D eigenvalue weighted by Crippen LogP contribution is -2.36. The van der Waals surface area contributed by atoms with Crippen LogP contribution in [0.25, 0.3) is 0 Å². The average Bonchev–Trinajstić information content (AvgIpc) is 2.39. The maximum Gasteiger partial charge on any atom is 0.224 e. The summed E-state index contributed by atoms with van der Waals surface area (Å²) < 4.78 is 0. The molecule has 18 heavy (non-hydrogen) atoms. The number of aryl methyl sites for hydroxylation is 1. The highest BCUT2D eigenvalue weighted by Crippen LogP contribution is 2.29. The second-order valence-electron chi connectivity index (χ2n) is 5.47. The van der Waals surface area contributed by atoms with E-state index in [1.54, 1.807) is 0 Å². The molecule has 0 unspecified atom stereocenters. The van der Waals surface area contributed by atoms with Gasteiger partial charge in [0.15, 0.2) is 0 Å². The molecule has 100 valence electrons. The first-order valence-corrected chi connectivity index (χ1v) is 6.86. The molecular weight excluding hydrogens is 224 g/mol. The van der Waals surface area contributed by atoms with Gasteiger partial charge in [-0.05, 0) is 38.5 Å². The van der Waals surface area contributed by atoms with Crippen LogP contribution in [0.4, 0.5) is 11.8 Å². The Bertz CT molecular complexity index is 397. The van der Waals surface area contributed by atoms with Crippen molar-refractivity contribution < 1.29 is 0 Å². The minimum atomic E-state index is 0.625. The zero-order chi connectivity index (χ0) is 13.1. The lowest BCUT2D eigenvalue weighted by molar-refractivity contribution is 0.340. The van der Waals surface area contributed by atoms with Gasteiger partial charge in [0.1, 0.15) is 5.82 Å². The maximum absolute atomic E-state index is 4.59. The van der Waals surface area contributed by atoms with Crippen molar-refractivity contribution in [2.75, 3.05) is 24.3 Å². The highest BCUT2D eigenvalue weighted by atomic mass is 15.2. The summed E-state index contributed by atoms with van der Waals surface area (Å²) in [4.78, 5) is 11.2. The van der Waals surface area contributed by atoms with E-state index in [-0.39, 0.29) is 0 Å². The first-order valence-electron chi connectivity index (χ1n) is 6.86. The first kappa shape index (κ1) is 13.1. The molecule has 0 radical (unpaired) electrons. The molecule has 0 saturated heterocycles. The second kappa shape index (κ2) is 5.55. The molecule has 1 aliphatic rings. The van der Waals surface area contributed by atoms with Crippen molar-refractivity contribution in [3.05, 3.63) is 11.8 Å². The topological polar surface area (TPSA) is 41.1 Å². The van der Waals surface area contributed by atoms with Gasteiger partial charge in [0, 0.05) is 31.9 Å². The zero-order valence-corrected chi connectivity index (χ0v) is 11.9. The maximum atomic E-state index is 4.59. The summed E-state index contributed by atoms with van der Waals surface area (Å²) in [7, 11) is 4.02. The van der Waals surface area contributed by atoms with E-state index in [9.17, 15) is 0 Å². The Morgan fingerprint density at radius 2 is 1.94 bits per heavy atom. The van der Waals surface area contributed by atoms with Crippen molar-refractivity contribution in [3.63, 3.8) is 0 Å². The van der Waals surface area contributed by atoms with Crippen LogP contribution in [0, 0.1) is 12.8 Å². The summed E-state index contributed by atoms with van der Waals surface area (Å²) in [6.07, 6.45) is 7.11. The molecule has 0 aliphatic heterocycles. The molecule has 1 saturated carbocycles. The number of hydrogen-bond acceptors (Lipinski definition) is 4. The standard InChI is InChI=1S/C14H24N4/c1-10-5-7-12(8-6-10)18(4)13-11(2)9-16-14(15-3)17-13/h9-10,12H,5-8H2,1-4H3,(H,15,16,17). The molecule has 2 rings (SSSR count). The van der Waals surface area contributed by atoms with Gasteiger partial charge in [-0.2, -0.15) is 4.98 Å². The second-order valence-corrected chi connectivity index (χ2v) is 5.47. The molecule has 0 spiro atoms. The molecule has 1 aliphatic carbocycles. The Kier molecular flexibility index (Phi) is 4.04. The Balaban J connectivity index is 2.14. The minimum Gasteiger partial charge on any atom is -0.357 e. The van der Waals surface area contributed by atoms with Gasteiger partial charge in [-0.3, -0.25) is 0 Å². The fourth-order valence-electron chi connectivity index (χ4n) is 2.71. The summed E-state index contributed by atoms with van der Waals surface area (Å²) in [5.74, 6) is 2.65. The van der Waals surface area contributed by atoms with Crippen molar-refractivity contribution in [3.8, 4) is 0 Å². The Morgan fingerprint density at radius 3 is 2.56 bits per heavy atom. The predicted molar refractivity (Wildman–Crippen MR) is 76.1 cm³/mol. The molecule has 0 amide bonds. The lowest BCUT2D eigenvalue weighted by atomic mass is 9.87. The van der Waals surface area contributed by atoms with Gasteiger partial charge in [0.2, 0.25) is 5.95 Å². The highest BCUT2D eigenvalue weighted by Gasteiger charge is 2.23. The Hall–Kier alpha value is -1.32. The van der Waals surface area contributed by atoms with Crippen LogP contribution in [0.5, 0.6) is 0 Å². The van der Waals surface area contributed by atoms with E-state index >= 15 is 0 Å². The van der Waals surface area contributed by atoms with Crippen LogP contribution in [0.15, 0.2) is 6.20 Å². The molecular formula is C14H24N4. The van der Waals surface area contributed by atoms with Crippen molar-refractivity contribution in [2.45, 2.75) is 45.6 Å². The predicted octanol–water partition coefficient (Wildman–Crippen LogP) is 2.84. The Labute approximate surface area is 110 Å². The number of rotatable bonds is 3. The summed E-state index contributed by atoms with van der Waals surface area (Å²) >= 11 is 0. The van der Waals surface area contributed by atoms with E-state index in [1.165, 1.54) is 25.7 Å². The van der Waals surface area contributed by atoms with Gasteiger partial charge < -0.3 is 10.2 Å². The number of nitrogens with zero attached hydrogens (tertiary/aromatic N) is 3. The van der Waals surface area contributed by atoms with Gasteiger partial charge in [-0.25, -0.2) is 4.98 Å². The highest BCUT2D eigenvalue weighted by molar-refractivity contribution is 5.49. The number of nitrogens with one attached hydrogen (secondary N) is 1. The van der Waals surface area contributed by atoms with Crippen molar-refractivity contribution in [1.29, 1.82) is 0 Å². The lowest BCUT2D eigenvalue weighted by Gasteiger charge is -2.35. The van der Waals surface area contributed by atoms with E-state index < -0.39 is 0 Å². The summed E-state index contributed by atoms with van der Waals surface area (Å²) in [5, 5.41) is 3.01. The van der Waals surface area contributed by atoms with Crippen LogP contribution < -0.4 is 10.2 Å². The summed E-state index contributed by atoms with van der Waals surface area (Å²) in [6.45, 7) is 4.43. The van der Waals surface area contributed by atoms with Crippen LogP contribution in [0.3, 0.4) is 0 Å². The first-order chi connectivity index (χ1) is 8.61. The van der Waals surface area contributed by atoms with E-state index in [1.807, 2.05) is 13.2 Å². The summed E-state index contributed by atoms with van der Waals surface area (Å²) in [5.41, 5.74) is 1.15. The van der Waals surface area contributed by atoms with E-state index in [4.69, 9.17) is 0 Å². The van der Waals surface area contributed by atoms with Crippen molar-refractivity contribution in [1.82, 2.24) is 9.97 Å². The van der Waals surface area contributed by atoms with Gasteiger partial charge in [0.05, 0.1) is 0 Å². The molecule has 1 heterocycles. The van der Waals surface area contributed by atoms with E-state index in [2.05, 4.69) is 41.1 Å². The number of anilines is 2. The molecule has 1 N–H and O–H groups in total. The van der Waals surface area contributed by atoms with Crippen LogP contribution >= 0.6 is 0 Å². The van der Waals surface area contributed by atoms with Crippen LogP contribution in [-0.4, -0.2) is 30.1 Å². The molecule has 1 aromatic heterocycles. The quantitative estimate of drug-likeness (QED) is 0.893. The third-order valence-electron chi connectivity index (χ3n) is 4.04. The molecule has 0 atom stereocenters. The van der Waals surface area contributed by atoms with Gasteiger partial charge in [-0.1, -0.05) is 6.92 Å². The smallest absolute Gasteiger partial charge is 0.224 e.